The lowest BCUT2D eigenvalue weighted by Gasteiger charge is -2.34. The Bertz CT molecular complexity index is 866. The molecule has 2 aromatic carbocycles. The van der Waals surface area contributed by atoms with Crippen molar-refractivity contribution in [3.8, 4) is 0 Å². The molecule has 25 heavy (non-hydrogen) atoms. The van der Waals surface area contributed by atoms with Gasteiger partial charge in [0.1, 0.15) is 11.9 Å². The minimum absolute atomic E-state index is 0.288. The second-order valence-electron chi connectivity index (χ2n) is 5.86. The summed E-state index contributed by atoms with van der Waals surface area (Å²) in [6, 6.07) is 11.4. The summed E-state index contributed by atoms with van der Waals surface area (Å²) in [7, 11) is 0. The van der Waals surface area contributed by atoms with Crippen LogP contribution in [0.15, 0.2) is 53.0 Å². The summed E-state index contributed by atoms with van der Waals surface area (Å²) in [4.78, 5) is 25.8. The number of carbonyl (C=O) groups is 2. The number of hydrogen-bond donors (Lipinski definition) is 1. The van der Waals surface area contributed by atoms with Crippen LogP contribution in [0.2, 0.25) is 0 Å². The van der Waals surface area contributed by atoms with E-state index in [4.69, 9.17) is 5.73 Å². The molecule has 0 aromatic heterocycles. The summed E-state index contributed by atoms with van der Waals surface area (Å²) in [5.74, 6) is -1.36. The third kappa shape index (κ3) is 3.79. The number of nitrogens with two attached hydrogens (primary N) is 1. The van der Waals surface area contributed by atoms with Gasteiger partial charge in [0.05, 0.1) is 0 Å². The van der Waals surface area contributed by atoms with Gasteiger partial charge in [-0.25, -0.2) is 4.39 Å². The van der Waals surface area contributed by atoms with Gasteiger partial charge < -0.3 is 10.6 Å². The van der Waals surface area contributed by atoms with Crippen molar-refractivity contribution in [3.63, 3.8) is 0 Å². The average molecular weight is 403 g/mol. The topological polar surface area (TPSA) is 63.4 Å². The number of fused-ring (bicyclic) bond motifs is 1. The highest BCUT2D eigenvalue weighted by Gasteiger charge is 2.32. The Morgan fingerprint density at radius 2 is 1.92 bits per heavy atom. The monoisotopic (exact) mass is 402 g/mol. The zero-order valence-electron chi connectivity index (χ0n) is 13.3. The second-order valence-corrected chi connectivity index (χ2v) is 6.77. The van der Waals surface area contributed by atoms with Gasteiger partial charge in [0, 0.05) is 29.1 Å². The van der Waals surface area contributed by atoms with E-state index in [-0.39, 0.29) is 11.5 Å². The first-order valence-electron chi connectivity index (χ1n) is 7.75. The van der Waals surface area contributed by atoms with Crippen LogP contribution >= 0.6 is 15.9 Å². The van der Waals surface area contributed by atoms with Gasteiger partial charge in [-0.3, -0.25) is 9.59 Å². The highest BCUT2D eigenvalue weighted by Crippen LogP contribution is 2.24. The normalized spacial score (nSPS) is 16.7. The number of hydrogen-bond acceptors (Lipinski definition) is 2. The van der Waals surface area contributed by atoms with E-state index < -0.39 is 17.8 Å². The van der Waals surface area contributed by atoms with E-state index in [1.807, 2.05) is 24.3 Å². The Labute approximate surface area is 153 Å². The van der Waals surface area contributed by atoms with Crippen LogP contribution in [0.1, 0.15) is 16.7 Å². The van der Waals surface area contributed by atoms with E-state index in [9.17, 15) is 14.0 Å². The lowest BCUT2D eigenvalue weighted by Crippen LogP contribution is -2.50. The summed E-state index contributed by atoms with van der Waals surface area (Å²) >= 11 is 3.27. The van der Waals surface area contributed by atoms with Gasteiger partial charge in [-0.2, -0.15) is 0 Å². The van der Waals surface area contributed by atoms with Gasteiger partial charge in [0.2, 0.25) is 11.8 Å². The predicted octanol–water partition coefficient (Wildman–Crippen LogP) is 3.04. The molecule has 1 heterocycles. The molecule has 1 aliphatic heterocycles. The molecular formula is C19H16BrFN2O2. The molecule has 6 heteroatoms. The van der Waals surface area contributed by atoms with Gasteiger partial charge >= 0.3 is 0 Å². The molecule has 0 spiro atoms. The van der Waals surface area contributed by atoms with E-state index in [1.165, 1.54) is 23.1 Å². The standard InChI is InChI=1S/C19H16BrFN2O2/c20-15-6-7-16(21)13(9-15)5-8-18(24)23-11-14-4-2-1-3-12(14)10-17(23)19(22)25/h1-9,17H,10-11H2,(H2,22,25)/b8-5+/t17-/m0/s1. The molecule has 3 rings (SSSR count). The molecule has 0 aliphatic carbocycles. The number of carbonyl (C=O) groups excluding carboxylic acids is 2. The summed E-state index contributed by atoms with van der Waals surface area (Å²) < 4.78 is 14.5. The third-order valence-corrected chi connectivity index (χ3v) is 4.72. The lowest BCUT2D eigenvalue weighted by atomic mass is 9.93. The van der Waals surface area contributed by atoms with Crippen molar-refractivity contribution >= 4 is 33.8 Å². The molecule has 0 bridgehead atoms. The van der Waals surface area contributed by atoms with Gasteiger partial charge in [0.15, 0.2) is 0 Å². The maximum atomic E-state index is 13.8. The fourth-order valence-corrected chi connectivity index (χ4v) is 3.29. The van der Waals surface area contributed by atoms with Crippen LogP contribution in [0, 0.1) is 5.82 Å². The quantitative estimate of drug-likeness (QED) is 0.801. The maximum absolute atomic E-state index is 13.8. The number of amides is 2. The Balaban J connectivity index is 1.86. The van der Waals surface area contributed by atoms with Gasteiger partial charge in [-0.05, 0) is 35.4 Å². The fraction of sp³-hybridized carbons (Fsp3) is 0.158. The van der Waals surface area contributed by atoms with Crippen LogP contribution < -0.4 is 5.73 Å². The van der Waals surface area contributed by atoms with E-state index in [0.29, 0.717) is 17.4 Å². The Morgan fingerprint density at radius 1 is 1.20 bits per heavy atom. The van der Waals surface area contributed by atoms with Crippen molar-refractivity contribution < 1.29 is 14.0 Å². The Kier molecular flexibility index (Phi) is 4.99. The molecule has 2 N–H and O–H groups in total. The molecule has 0 fully saturated rings. The number of halogens is 2. The molecule has 0 unspecified atom stereocenters. The summed E-state index contributed by atoms with van der Waals surface area (Å²) in [5, 5.41) is 0. The molecule has 1 atom stereocenters. The maximum Gasteiger partial charge on any atom is 0.247 e. The van der Waals surface area contributed by atoms with Crippen molar-refractivity contribution in [2.24, 2.45) is 5.73 Å². The zero-order valence-corrected chi connectivity index (χ0v) is 14.9. The minimum atomic E-state index is -0.709. The molecule has 0 radical (unpaired) electrons. The highest BCUT2D eigenvalue weighted by atomic mass is 79.9. The first-order chi connectivity index (χ1) is 12.0. The van der Waals surface area contributed by atoms with Crippen molar-refractivity contribution in [3.05, 3.63) is 75.5 Å². The first kappa shape index (κ1) is 17.4. The van der Waals surface area contributed by atoms with Crippen molar-refractivity contribution in [2.45, 2.75) is 19.0 Å². The van der Waals surface area contributed by atoms with E-state index >= 15 is 0 Å². The molecule has 128 valence electrons. The first-order valence-corrected chi connectivity index (χ1v) is 8.55. The molecule has 0 saturated heterocycles. The van der Waals surface area contributed by atoms with Crippen molar-refractivity contribution in [2.75, 3.05) is 0 Å². The summed E-state index contributed by atoms with van der Waals surface area (Å²) in [6.45, 7) is 0.300. The molecule has 2 amide bonds. The Morgan fingerprint density at radius 3 is 2.64 bits per heavy atom. The third-order valence-electron chi connectivity index (χ3n) is 4.22. The summed E-state index contributed by atoms with van der Waals surface area (Å²) in [5.41, 5.74) is 7.76. The molecule has 1 aliphatic rings. The average Bonchev–Trinajstić information content (AvgIpc) is 2.61. The van der Waals surface area contributed by atoms with Gasteiger partial charge in [-0.1, -0.05) is 40.2 Å². The van der Waals surface area contributed by atoms with E-state index in [1.54, 1.807) is 12.1 Å². The molecule has 0 saturated carbocycles. The largest absolute Gasteiger partial charge is 0.368 e. The van der Waals surface area contributed by atoms with Crippen LogP contribution in [-0.4, -0.2) is 22.8 Å². The predicted molar refractivity (Wildman–Crippen MR) is 96.8 cm³/mol. The fourth-order valence-electron chi connectivity index (χ4n) is 2.91. The van der Waals surface area contributed by atoms with E-state index in [2.05, 4.69) is 15.9 Å². The lowest BCUT2D eigenvalue weighted by molar-refractivity contribution is -0.136. The number of rotatable bonds is 3. The van der Waals surface area contributed by atoms with Gasteiger partial charge in [0.25, 0.3) is 0 Å². The number of benzene rings is 2. The second kappa shape index (κ2) is 7.19. The molecular weight excluding hydrogens is 387 g/mol. The minimum Gasteiger partial charge on any atom is -0.368 e. The van der Waals surface area contributed by atoms with Crippen LogP contribution in [0.4, 0.5) is 4.39 Å². The molecule has 2 aromatic rings. The van der Waals surface area contributed by atoms with Gasteiger partial charge in [-0.15, -0.1) is 0 Å². The van der Waals surface area contributed by atoms with E-state index in [0.717, 1.165) is 11.1 Å². The van der Waals surface area contributed by atoms with Crippen LogP contribution in [0.5, 0.6) is 0 Å². The van der Waals surface area contributed by atoms with Crippen LogP contribution in [0.25, 0.3) is 6.08 Å². The van der Waals surface area contributed by atoms with Crippen molar-refractivity contribution in [1.29, 1.82) is 0 Å². The highest BCUT2D eigenvalue weighted by molar-refractivity contribution is 9.10. The zero-order chi connectivity index (χ0) is 18.0. The number of primary amides is 1. The van der Waals surface area contributed by atoms with Crippen LogP contribution in [0.3, 0.4) is 0 Å². The molecule has 4 nitrogen and oxygen atoms in total. The SMILES string of the molecule is NC(=O)[C@@H]1Cc2ccccc2CN1C(=O)/C=C/c1cc(Br)ccc1F. The Hall–Kier alpha value is -2.47. The number of nitrogens with zero attached hydrogens (tertiary/aromatic N) is 1. The summed E-state index contributed by atoms with van der Waals surface area (Å²) in [6.07, 6.45) is 3.06. The van der Waals surface area contributed by atoms with Crippen LogP contribution in [-0.2, 0) is 22.6 Å². The van der Waals surface area contributed by atoms with Crippen molar-refractivity contribution in [1.82, 2.24) is 4.90 Å². The smallest absolute Gasteiger partial charge is 0.247 e.